The summed E-state index contributed by atoms with van der Waals surface area (Å²) >= 11 is 0. The molecule has 0 amide bonds. The molecule has 2 aromatic rings. The second-order valence-electron chi connectivity index (χ2n) is 13.4. The predicted octanol–water partition coefficient (Wildman–Crippen LogP) is 3.67. The molecule has 0 bridgehead atoms. The maximum absolute atomic E-state index is 10.7. The molecule has 2 aromatic carbocycles. The van der Waals surface area contributed by atoms with Gasteiger partial charge in [-0.1, -0.05) is 87.8 Å². The molecule has 1 aliphatic rings. The Balaban J connectivity index is 0.00000192. The molecule has 45 heavy (non-hydrogen) atoms. The van der Waals surface area contributed by atoms with Crippen LogP contribution in [0.4, 0.5) is 0 Å². The van der Waals surface area contributed by atoms with Gasteiger partial charge in [-0.05, 0) is 63.5 Å². The van der Waals surface area contributed by atoms with E-state index >= 15 is 0 Å². The van der Waals surface area contributed by atoms with Crippen LogP contribution in [0.15, 0.2) is 34.3 Å². The van der Waals surface area contributed by atoms with Crippen molar-refractivity contribution >= 4 is 50.9 Å². The maximum atomic E-state index is 10.7. The Morgan fingerprint density at radius 1 is 0.711 bits per heavy atom. The largest absolute Gasteiger partial charge is 2.00 e. The monoisotopic (exact) mass is 699 g/mol. The summed E-state index contributed by atoms with van der Waals surface area (Å²) in [6.45, 7) is 20.2. The normalized spacial score (nSPS) is 16.7. The minimum Gasteiger partial charge on any atom is -0.550 e. The Morgan fingerprint density at radius 2 is 0.978 bits per heavy atom. The number of hydrogen-bond donors (Lipinski definition) is 2. The number of carbonyl (C=O) groups is 2. The van der Waals surface area contributed by atoms with E-state index in [1.54, 1.807) is 0 Å². The maximum Gasteiger partial charge on any atom is 2.00 e. The van der Waals surface area contributed by atoms with Crippen LogP contribution in [0.2, 0.25) is 39.3 Å². The van der Waals surface area contributed by atoms with Crippen LogP contribution in [0, 0.1) is 0 Å². The molecule has 0 aromatic heterocycles. The first kappa shape index (κ1) is 42.3. The summed E-state index contributed by atoms with van der Waals surface area (Å²) in [6.07, 6.45) is 9.43. The van der Waals surface area contributed by atoms with Crippen molar-refractivity contribution < 1.29 is 46.8 Å². The molecule has 0 unspecified atom stereocenters. The zero-order valence-electron chi connectivity index (χ0n) is 28.6. The van der Waals surface area contributed by atoms with Crippen LogP contribution in [0.1, 0.15) is 75.6 Å². The number of aromatic hydroxyl groups is 2. The Morgan fingerprint density at radius 3 is 1.20 bits per heavy atom. The summed E-state index contributed by atoms with van der Waals surface area (Å²) in [6, 6.07) is 9.20. The van der Waals surface area contributed by atoms with Gasteiger partial charge in [-0.3, -0.25) is 9.98 Å². The minimum absolute atomic E-state index is 0. The Hall–Kier alpha value is -2.74. The molecule has 0 saturated heterocycles. The first-order valence-electron chi connectivity index (χ1n) is 15.4. The van der Waals surface area contributed by atoms with Crippen molar-refractivity contribution in [3.05, 3.63) is 46.5 Å². The van der Waals surface area contributed by atoms with E-state index in [0.717, 1.165) is 74.6 Å². The molecule has 0 heterocycles. The topological polar surface area (TPSA) is 145 Å². The van der Waals surface area contributed by atoms with Gasteiger partial charge in [0, 0.05) is 35.5 Å². The summed E-state index contributed by atoms with van der Waals surface area (Å²) < 4.78 is 0. The van der Waals surface area contributed by atoms with Crippen molar-refractivity contribution in [2.75, 3.05) is 0 Å². The Kier molecular flexibility index (Phi) is 17.9. The van der Waals surface area contributed by atoms with Gasteiger partial charge in [0.1, 0.15) is 11.5 Å². The van der Waals surface area contributed by atoms with Gasteiger partial charge in [-0.15, -0.1) is 0 Å². The van der Waals surface area contributed by atoms with Crippen LogP contribution >= 0.6 is 0 Å². The molecular formula is C34H52CoN2O6Si2. The molecule has 1 radical (unpaired) electrons. The second kappa shape index (κ2) is 19.0. The molecule has 0 spiro atoms. The summed E-state index contributed by atoms with van der Waals surface area (Å²) in [5, 5.41) is 42.0. The number of aryl methyl sites for hydroxylation is 2. The van der Waals surface area contributed by atoms with Crippen molar-refractivity contribution in [2.24, 2.45) is 9.98 Å². The van der Waals surface area contributed by atoms with Crippen molar-refractivity contribution in [3.8, 4) is 11.5 Å². The molecule has 1 saturated carbocycles. The Labute approximate surface area is 282 Å². The minimum atomic E-state index is -1.48. The molecule has 1 aliphatic carbocycles. The zero-order valence-corrected chi connectivity index (χ0v) is 31.7. The number of benzene rings is 2. The van der Waals surface area contributed by atoms with Gasteiger partial charge in [0.15, 0.2) is 0 Å². The smallest absolute Gasteiger partial charge is 0.550 e. The van der Waals surface area contributed by atoms with Crippen LogP contribution in [0.3, 0.4) is 0 Å². The molecule has 0 atom stereocenters. The van der Waals surface area contributed by atoms with Gasteiger partial charge in [0.05, 0.1) is 28.2 Å². The average Bonchev–Trinajstić information content (AvgIpc) is 2.90. The van der Waals surface area contributed by atoms with Gasteiger partial charge in [0.2, 0.25) is 0 Å². The molecule has 251 valence electrons. The predicted molar refractivity (Wildman–Crippen MR) is 184 cm³/mol. The molecule has 2 N–H and O–H groups in total. The fraction of sp³-hybridized carbons (Fsp3) is 0.529. The number of hydrogen-bond acceptors (Lipinski definition) is 8. The van der Waals surface area contributed by atoms with E-state index in [1.807, 2.05) is 12.4 Å². The zero-order chi connectivity index (χ0) is 33.8. The number of carboxylic acid groups (broad SMARTS) is 2. The van der Waals surface area contributed by atoms with Crippen molar-refractivity contribution in [1.82, 2.24) is 0 Å². The van der Waals surface area contributed by atoms with E-state index in [0.29, 0.717) is 11.5 Å². The van der Waals surface area contributed by atoms with E-state index in [9.17, 15) is 10.2 Å². The third-order valence-electron chi connectivity index (χ3n) is 7.45. The van der Waals surface area contributed by atoms with E-state index in [4.69, 9.17) is 29.8 Å². The summed E-state index contributed by atoms with van der Waals surface area (Å²) in [7, 11) is -2.96. The van der Waals surface area contributed by atoms with E-state index < -0.39 is 28.1 Å². The van der Waals surface area contributed by atoms with E-state index in [-0.39, 0.29) is 28.9 Å². The molecule has 1 fully saturated rings. The standard InChI is InChI=1S/C30H46N2O2Si2.2C2H4O2.Co/c1-9-21-15-27(35(3,4)5)17-23(29(21)33)19-31-25-11-13-26(14-12-25)32-20-24-18-28(36(6,7)8)16-22(10-2)30(24)34;2*1-2(3)4;/h15-20,25-26,33-34H,9-14H2,1-8H3;2*1H3,(H,3,4);/q;;;+2/p-2. The number of nitrogens with zero attached hydrogens (tertiary/aromatic N) is 2. The number of phenolic OH excluding ortho intramolecular Hbond substituents is 2. The molecule has 0 aliphatic heterocycles. The van der Waals surface area contributed by atoms with E-state index in [2.05, 4.69) is 77.4 Å². The number of aliphatic carboxylic acids is 2. The summed E-state index contributed by atoms with van der Waals surface area (Å²) in [4.78, 5) is 27.5. The van der Waals surface area contributed by atoms with Crippen LogP contribution in [-0.4, -0.2) is 62.8 Å². The molecule has 11 heteroatoms. The Bertz CT molecular complexity index is 1220. The fourth-order valence-corrected chi connectivity index (χ4v) is 7.16. The van der Waals surface area contributed by atoms with Crippen LogP contribution in [-0.2, 0) is 39.2 Å². The van der Waals surface area contributed by atoms with Crippen LogP contribution in [0.25, 0.3) is 0 Å². The second-order valence-corrected chi connectivity index (χ2v) is 23.5. The van der Waals surface area contributed by atoms with Gasteiger partial charge in [-0.25, -0.2) is 0 Å². The molecular weight excluding hydrogens is 647 g/mol. The number of carboxylic acids is 2. The van der Waals surface area contributed by atoms with Crippen molar-refractivity contribution in [1.29, 1.82) is 0 Å². The summed E-state index contributed by atoms with van der Waals surface area (Å²) in [5.74, 6) is -1.40. The number of aliphatic imine (C=N–C) groups is 2. The first-order valence-corrected chi connectivity index (χ1v) is 22.4. The van der Waals surface area contributed by atoms with Gasteiger partial charge >= 0.3 is 16.8 Å². The fourth-order valence-electron chi connectivity index (χ4n) is 4.77. The van der Waals surface area contributed by atoms with Gasteiger partial charge in [0.25, 0.3) is 0 Å². The van der Waals surface area contributed by atoms with Crippen molar-refractivity contribution in [2.45, 2.75) is 118 Å². The van der Waals surface area contributed by atoms with Crippen LogP contribution in [0.5, 0.6) is 11.5 Å². The van der Waals surface area contributed by atoms with Gasteiger partial charge in [-0.2, -0.15) is 0 Å². The number of rotatable bonds is 8. The van der Waals surface area contributed by atoms with E-state index in [1.165, 1.54) is 10.4 Å². The van der Waals surface area contributed by atoms with Gasteiger partial charge < -0.3 is 30.0 Å². The van der Waals surface area contributed by atoms with Crippen LogP contribution < -0.4 is 20.6 Å². The molecule has 3 rings (SSSR count). The number of phenols is 2. The average molecular weight is 700 g/mol. The first-order chi connectivity index (χ1) is 20.3. The molecule has 8 nitrogen and oxygen atoms in total. The third kappa shape index (κ3) is 14.9. The SMILES string of the molecule is CC(=O)[O-].CC(=O)[O-].CCc1cc([Si](C)(C)C)cc(C=NC2CCC(N=Cc3cc([Si](C)(C)C)cc(CC)c3O)CC2)c1O.[Co+2]. The summed E-state index contributed by atoms with van der Waals surface area (Å²) in [5.41, 5.74) is 3.75. The van der Waals surface area contributed by atoms with Crippen molar-refractivity contribution in [3.63, 3.8) is 0 Å². The quantitative estimate of drug-likeness (QED) is 0.318. The number of carbonyl (C=O) groups excluding carboxylic acids is 2. The third-order valence-corrected chi connectivity index (χ3v) is 11.5.